The molecule has 0 aliphatic carbocycles. The highest BCUT2D eigenvalue weighted by atomic mass is 16.6. The number of ether oxygens (including phenoxy) is 2. The molecule has 30 heavy (non-hydrogen) atoms. The third-order valence-electron chi connectivity index (χ3n) is 4.65. The van der Waals surface area contributed by atoms with Gasteiger partial charge in [0.15, 0.2) is 0 Å². The van der Waals surface area contributed by atoms with Crippen LogP contribution in [0.2, 0.25) is 0 Å². The molecule has 156 valence electrons. The number of nitrogens with zero attached hydrogens (tertiary/aromatic N) is 1. The first kappa shape index (κ1) is 20.6. The minimum Gasteiger partial charge on any atom is -0.497 e. The van der Waals surface area contributed by atoms with Crippen LogP contribution in [0.25, 0.3) is 0 Å². The van der Waals surface area contributed by atoms with E-state index in [9.17, 15) is 19.7 Å². The maximum Gasteiger partial charge on any atom is 0.319 e. The van der Waals surface area contributed by atoms with Crippen LogP contribution in [0.15, 0.2) is 54.7 Å². The summed E-state index contributed by atoms with van der Waals surface area (Å²) in [5, 5.41) is 18.9. The molecule has 1 saturated heterocycles. The first-order valence-corrected chi connectivity index (χ1v) is 8.87. The summed E-state index contributed by atoms with van der Waals surface area (Å²) in [4.78, 5) is 35.6. The molecule has 0 radical (unpaired) electrons. The Morgan fingerprint density at radius 3 is 2.63 bits per heavy atom. The molecule has 0 spiro atoms. The van der Waals surface area contributed by atoms with E-state index in [0.717, 1.165) is 0 Å². The van der Waals surface area contributed by atoms with Crippen molar-refractivity contribution in [2.75, 3.05) is 19.5 Å². The summed E-state index contributed by atoms with van der Waals surface area (Å²) in [5.74, 6) is -0.475. The minimum atomic E-state index is -0.928. The van der Waals surface area contributed by atoms with Crippen LogP contribution in [0.5, 0.6) is 11.5 Å². The van der Waals surface area contributed by atoms with Crippen molar-refractivity contribution in [1.82, 2.24) is 10.6 Å². The molecule has 1 aliphatic rings. The molecule has 3 rings (SSSR count). The van der Waals surface area contributed by atoms with Gasteiger partial charge in [-0.15, -0.1) is 0 Å². The van der Waals surface area contributed by atoms with Crippen LogP contribution in [0.3, 0.4) is 0 Å². The summed E-state index contributed by atoms with van der Waals surface area (Å²) >= 11 is 0. The molecule has 3 N–H and O–H groups in total. The van der Waals surface area contributed by atoms with Gasteiger partial charge in [-0.05, 0) is 24.3 Å². The molecule has 0 aromatic heterocycles. The van der Waals surface area contributed by atoms with Gasteiger partial charge in [-0.25, -0.2) is 4.79 Å². The molecule has 0 unspecified atom stereocenters. The van der Waals surface area contributed by atoms with E-state index in [2.05, 4.69) is 22.5 Å². The smallest absolute Gasteiger partial charge is 0.319 e. The quantitative estimate of drug-likeness (QED) is 0.494. The van der Waals surface area contributed by atoms with Gasteiger partial charge in [-0.3, -0.25) is 14.9 Å². The van der Waals surface area contributed by atoms with Gasteiger partial charge in [0.05, 0.1) is 25.2 Å². The average Bonchev–Trinajstić information content (AvgIpc) is 2.72. The number of amides is 3. The highest BCUT2D eigenvalue weighted by molar-refractivity contribution is 5.97. The van der Waals surface area contributed by atoms with E-state index in [1.165, 1.54) is 38.5 Å². The summed E-state index contributed by atoms with van der Waals surface area (Å²) in [6.45, 7) is 3.82. The van der Waals surface area contributed by atoms with Crippen LogP contribution < -0.4 is 25.4 Å². The molecule has 10 heteroatoms. The first-order valence-electron chi connectivity index (χ1n) is 8.87. The Morgan fingerprint density at radius 2 is 1.97 bits per heavy atom. The van der Waals surface area contributed by atoms with E-state index in [1.54, 1.807) is 18.2 Å². The number of non-ortho nitro benzene ring substituents is 1. The van der Waals surface area contributed by atoms with Crippen LogP contribution in [0.4, 0.5) is 16.2 Å². The van der Waals surface area contributed by atoms with Gasteiger partial charge >= 0.3 is 6.03 Å². The SMILES string of the molecule is C=C1NC(=O)N[C@@H](c2cc(OC)ccc2OC)[C@@H]1C(=O)Nc1cccc([N+](=O)[O-])c1. The summed E-state index contributed by atoms with van der Waals surface area (Å²) in [5.41, 5.74) is 0.784. The molecular weight excluding hydrogens is 392 g/mol. The van der Waals surface area contributed by atoms with Crippen molar-refractivity contribution in [1.29, 1.82) is 0 Å². The lowest BCUT2D eigenvalue weighted by atomic mass is 9.87. The summed E-state index contributed by atoms with van der Waals surface area (Å²) < 4.78 is 10.6. The highest BCUT2D eigenvalue weighted by Crippen LogP contribution is 2.37. The van der Waals surface area contributed by atoms with Crippen molar-refractivity contribution < 1.29 is 24.0 Å². The van der Waals surface area contributed by atoms with Crippen LogP contribution in [-0.4, -0.2) is 31.1 Å². The highest BCUT2D eigenvalue weighted by Gasteiger charge is 2.39. The van der Waals surface area contributed by atoms with Crippen LogP contribution in [0.1, 0.15) is 11.6 Å². The normalized spacial score (nSPS) is 18.1. The summed E-state index contributed by atoms with van der Waals surface area (Å²) in [6, 6.07) is 9.26. The zero-order valence-electron chi connectivity index (χ0n) is 16.3. The Labute approximate surface area is 172 Å². The number of urea groups is 1. The Kier molecular flexibility index (Phi) is 5.86. The third kappa shape index (κ3) is 4.17. The number of nitro groups is 1. The van der Waals surface area contributed by atoms with Crippen LogP contribution in [-0.2, 0) is 4.79 Å². The Hall–Kier alpha value is -4.08. The molecule has 0 bridgehead atoms. The van der Waals surface area contributed by atoms with Crippen LogP contribution >= 0.6 is 0 Å². The molecule has 10 nitrogen and oxygen atoms in total. The number of carbonyl (C=O) groups is 2. The molecule has 1 heterocycles. The standard InChI is InChI=1S/C20H20N4O6/c1-11-17(19(25)22-12-5-4-6-13(9-12)24(27)28)18(23-20(26)21-11)15-10-14(29-2)7-8-16(15)30-3/h4-10,17-18H,1H2,2-3H3,(H,22,25)(H2,21,23,26)/t17-,18+/m1/s1. The second-order valence-electron chi connectivity index (χ2n) is 6.48. The fourth-order valence-electron chi connectivity index (χ4n) is 3.25. The Balaban J connectivity index is 1.97. The van der Waals surface area contributed by atoms with Crippen molar-refractivity contribution in [3.8, 4) is 11.5 Å². The number of hydrogen-bond donors (Lipinski definition) is 3. The van der Waals surface area contributed by atoms with Crippen molar-refractivity contribution in [2.24, 2.45) is 5.92 Å². The third-order valence-corrected chi connectivity index (χ3v) is 4.65. The van der Waals surface area contributed by atoms with Gasteiger partial charge in [0, 0.05) is 29.1 Å². The zero-order chi connectivity index (χ0) is 21.8. The van der Waals surface area contributed by atoms with Crippen molar-refractivity contribution >= 4 is 23.3 Å². The molecular formula is C20H20N4O6. The number of nitro benzene ring substituents is 1. The topological polar surface area (TPSA) is 132 Å². The van der Waals surface area contributed by atoms with E-state index in [-0.39, 0.29) is 17.1 Å². The predicted molar refractivity (Wildman–Crippen MR) is 108 cm³/mol. The molecule has 3 amide bonds. The number of methoxy groups -OCH3 is 2. The summed E-state index contributed by atoms with van der Waals surface area (Å²) in [7, 11) is 2.97. The van der Waals surface area contributed by atoms with Crippen molar-refractivity contribution in [3.05, 3.63) is 70.4 Å². The van der Waals surface area contributed by atoms with E-state index >= 15 is 0 Å². The lowest BCUT2D eigenvalue weighted by molar-refractivity contribution is -0.384. The van der Waals surface area contributed by atoms with E-state index in [0.29, 0.717) is 17.1 Å². The lowest BCUT2D eigenvalue weighted by Crippen LogP contribution is -2.51. The molecule has 1 aliphatic heterocycles. The molecule has 1 fully saturated rings. The van der Waals surface area contributed by atoms with E-state index < -0.39 is 28.8 Å². The van der Waals surface area contributed by atoms with Gasteiger partial charge in [0.25, 0.3) is 5.69 Å². The maximum atomic E-state index is 13.1. The van der Waals surface area contributed by atoms with E-state index in [4.69, 9.17) is 9.47 Å². The number of hydrogen-bond acceptors (Lipinski definition) is 6. The number of carbonyl (C=O) groups excluding carboxylic acids is 2. The zero-order valence-corrected chi connectivity index (χ0v) is 16.3. The molecule has 2 aromatic carbocycles. The monoisotopic (exact) mass is 412 g/mol. The van der Waals surface area contributed by atoms with Gasteiger partial charge in [0.1, 0.15) is 17.4 Å². The number of nitrogens with one attached hydrogen (secondary N) is 3. The Bertz CT molecular complexity index is 1020. The van der Waals surface area contributed by atoms with Crippen molar-refractivity contribution in [3.63, 3.8) is 0 Å². The van der Waals surface area contributed by atoms with Gasteiger partial charge in [0.2, 0.25) is 5.91 Å². The largest absolute Gasteiger partial charge is 0.497 e. The van der Waals surface area contributed by atoms with Gasteiger partial charge in [-0.1, -0.05) is 12.6 Å². The van der Waals surface area contributed by atoms with Crippen molar-refractivity contribution in [2.45, 2.75) is 6.04 Å². The Morgan fingerprint density at radius 1 is 1.20 bits per heavy atom. The fraction of sp³-hybridized carbons (Fsp3) is 0.200. The van der Waals surface area contributed by atoms with Gasteiger partial charge < -0.3 is 25.4 Å². The van der Waals surface area contributed by atoms with E-state index in [1.807, 2.05) is 0 Å². The summed E-state index contributed by atoms with van der Waals surface area (Å²) in [6.07, 6.45) is 0. The molecule has 2 atom stereocenters. The average molecular weight is 412 g/mol. The minimum absolute atomic E-state index is 0.160. The molecule has 2 aromatic rings. The first-order chi connectivity index (χ1) is 14.3. The van der Waals surface area contributed by atoms with Gasteiger partial charge in [-0.2, -0.15) is 0 Å². The predicted octanol–water partition coefficient (Wildman–Crippen LogP) is 2.73. The molecule has 0 saturated carbocycles. The number of anilines is 1. The number of benzene rings is 2. The van der Waals surface area contributed by atoms with Crippen LogP contribution in [0, 0.1) is 16.0 Å². The second kappa shape index (κ2) is 8.52. The fourth-order valence-corrected chi connectivity index (χ4v) is 3.25. The second-order valence-corrected chi connectivity index (χ2v) is 6.48. The lowest BCUT2D eigenvalue weighted by Gasteiger charge is -2.34. The number of rotatable bonds is 6. The maximum absolute atomic E-state index is 13.1.